The van der Waals surface area contributed by atoms with Gasteiger partial charge >= 0.3 is 12.2 Å². The summed E-state index contributed by atoms with van der Waals surface area (Å²) < 4.78 is 10.2. The molecule has 12 rings (SSSR count). The van der Waals surface area contributed by atoms with Gasteiger partial charge < -0.3 is 19.4 Å². The smallest absolute Gasteiger partial charge is 0.408 e. The highest BCUT2D eigenvalue weighted by molar-refractivity contribution is 6.08. The first kappa shape index (κ1) is 38.1. The molecule has 2 amide bonds. The van der Waals surface area contributed by atoms with Crippen LogP contribution in [-0.4, -0.2) is 104 Å². The molecular weight excluding hydrogens is 759 g/mol. The number of halogens is 2. The van der Waals surface area contributed by atoms with Gasteiger partial charge in [0, 0.05) is 70.9 Å². The van der Waals surface area contributed by atoms with Crippen molar-refractivity contribution < 1.29 is 28.7 Å². The molecule has 0 saturated carbocycles. The van der Waals surface area contributed by atoms with Crippen molar-refractivity contribution in [3.63, 3.8) is 0 Å². The van der Waals surface area contributed by atoms with E-state index in [1.165, 1.54) is 14.2 Å². The van der Waals surface area contributed by atoms with E-state index in [-0.39, 0.29) is 60.3 Å². The van der Waals surface area contributed by atoms with Crippen molar-refractivity contribution in [1.82, 2.24) is 40.4 Å². The molecule has 4 bridgehead atoms. The van der Waals surface area contributed by atoms with Gasteiger partial charge in [-0.25, -0.2) is 19.6 Å². The zero-order valence-electron chi connectivity index (χ0n) is 31.4. The summed E-state index contributed by atoms with van der Waals surface area (Å²) in [5, 5.41) is 6.05. The third-order valence-electron chi connectivity index (χ3n) is 14.1. The largest absolute Gasteiger partial charge is 0.453 e. The van der Waals surface area contributed by atoms with Crippen LogP contribution in [0.4, 0.5) is 9.59 Å². The van der Waals surface area contributed by atoms with Gasteiger partial charge in [-0.05, 0) is 36.8 Å². The second-order valence-corrected chi connectivity index (χ2v) is 16.0. The molecule has 8 aliphatic rings. The minimum atomic E-state index is -1.32. The van der Waals surface area contributed by atoms with Crippen LogP contribution < -0.4 is 10.6 Å². The molecule has 4 fully saturated rings. The fourth-order valence-corrected chi connectivity index (χ4v) is 11.7. The van der Waals surface area contributed by atoms with Crippen LogP contribution in [0.2, 0.25) is 0 Å². The third-order valence-corrected chi connectivity index (χ3v) is 14.1. The minimum Gasteiger partial charge on any atom is -0.453 e. The molecule has 14 nitrogen and oxygen atoms in total. The van der Waals surface area contributed by atoms with Gasteiger partial charge in [0.2, 0.25) is 11.6 Å². The van der Waals surface area contributed by atoms with Gasteiger partial charge in [0.05, 0.1) is 26.1 Å². The van der Waals surface area contributed by atoms with Crippen LogP contribution in [0.25, 0.3) is 11.1 Å². The molecule has 8 atom stereocenters. The van der Waals surface area contributed by atoms with Crippen LogP contribution in [0, 0.1) is 10.8 Å². The van der Waals surface area contributed by atoms with E-state index in [2.05, 4.69) is 54.2 Å². The van der Waals surface area contributed by atoms with Gasteiger partial charge in [0.15, 0.2) is 11.3 Å². The summed E-state index contributed by atoms with van der Waals surface area (Å²) in [6, 6.07) is 14.9. The Morgan fingerprint density at radius 2 is 1.04 bits per heavy atom. The highest BCUT2D eigenvalue weighted by atomic mass is 35.5. The molecule has 56 heavy (non-hydrogen) atoms. The maximum Gasteiger partial charge on any atom is 0.408 e. The van der Waals surface area contributed by atoms with Crippen LogP contribution in [0.15, 0.2) is 60.9 Å². The first-order chi connectivity index (χ1) is 26.0. The van der Waals surface area contributed by atoms with Crippen LogP contribution in [-0.2, 0) is 9.47 Å². The Bertz CT molecular complexity index is 2050. The van der Waals surface area contributed by atoms with Gasteiger partial charge in [-0.15, -0.1) is 24.8 Å². The number of hydrogen-bond donors (Lipinski definition) is 4. The normalized spacial score (nSPS) is 32.7. The summed E-state index contributed by atoms with van der Waals surface area (Å²) >= 11 is 0. The molecule has 8 aliphatic heterocycles. The lowest BCUT2D eigenvalue weighted by Crippen LogP contribution is -2.87. The number of ketones is 2. The minimum absolute atomic E-state index is 0. The van der Waals surface area contributed by atoms with Crippen molar-refractivity contribution in [2.24, 2.45) is 10.8 Å². The monoisotopic (exact) mass is 802 g/mol. The van der Waals surface area contributed by atoms with Gasteiger partial charge in [0.1, 0.15) is 11.6 Å². The maximum absolute atomic E-state index is 14.8. The number of H-pyrrole nitrogens is 2. The second-order valence-electron chi connectivity index (χ2n) is 16.0. The zero-order valence-corrected chi connectivity index (χ0v) is 33.0. The number of benzene rings is 2. The number of imidazole rings is 2. The van der Waals surface area contributed by atoms with Gasteiger partial charge in [-0.1, -0.05) is 62.4 Å². The van der Waals surface area contributed by atoms with Crippen molar-refractivity contribution in [2.75, 3.05) is 27.3 Å². The van der Waals surface area contributed by atoms with Gasteiger partial charge in [0.25, 0.3) is 0 Å². The Morgan fingerprint density at radius 1 is 0.661 bits per heavy atom. The molecule has 16 heteroatoms. The molecule has 4 aromatic rings. The number of aromatic nitrogens is 4. The average Bonchev–Trinajstić information content (AvgIpc) is 4.04. The predicted molar refractivity (Wildman–Crippen MR) is 208 cm³/mol. The van der Waals surface area contributed by atoms with Crippen molar-refractivity contribution >= 4 is 48.6 Å². The molecule has 0 radical (unpaired) electrons. The summed E-state index contributed by atoms with van der Waals surface area (Å²) in [7, 11) is 2.62. The molecule has 10 heterocycles. The number of alkyl carbamates (subject to hydrolysis) is 2. The molecule has 0 aliphatic carbocycles. The molecule has 4 N–H and O–H groups in total. The molecule has 6 unspecified atom stereocenters. The number of aromatic amines is 2. The van der Waals surface area contributed by atoms with Gasteiger partial charge in [-0.3, -0.25) is 30.0 Å². The third kappa shape index (κ3) is 4.41. The summed E-state index contributed by atoms with van der Waals surface area (Å²) in [5.41, 5.74) is 0.643. The number of ether oxygens (including phenoxy) is 2. The molecular formula is C40H44Cl2N8O6. The second kappa shape index (κ2) is 12.9. The van der Waals surface area contributed by atoms with Crippen molar-refractivity contribution in [2.45, 2.75) is 74.8 Å². The van der Waals surface area contributed by atoms with Crippen molar-refractivity contribution in [1.29, 1.82) is 0 Å². The number of hydrogen-bond acceptors (Lipinski definition) is 10. The quantitative estimate of drug-likeness (QED) is 0.161. The van der Waals surface area contributed by atoms with Crippen molar-refractivity contribution in [3.8, 4) is 11.1 Å². The average molecular weight is 804 g/mol. The fourth-order valence-electron chi connectivity index (χ4n) is 11.7. The molecule has 2 aromatic heterocycles. The summed E-state index contributed by atoms with van der Waals surface area (Å²) in [6.07, 6.45) is 6.00. The van der Waals surface area contributed by atoms with Crippen molar-refractivity contribution in [3.05, 3.63) is 95.1 Å². The number of carbonyl (C=O) groups is 4. The lowest BCUT2D eigenvalue weighted by molar-refractivity contribution is -0.179. The standard InChI is InChI=1S/C40H42N8O6.2ClH/c1-37(29-25-19-41-33(29)43-25)27-7-5-17-47(27)39(37,45-35(51)53-3)31(49)23-13-9-21(10-14-23)22-11-15-24(16-12-22)32(50)40(46-36(52)54-4)38(2,28-8-6-18-48(28)40)30-26-20-42-34(30)44-26;;/h9-16,19-20,27-30H,5-8,17-18H2,1-4H3,(H,41,43)(H,42,44)(H,45,51)(H,46,52);2*1H/t27?,28?,29?,30?,37?,38?,39-,40-;;/m1../s1. The van der Waals surface area contributed by atoms with E-state index in [9.17, 15) is 19.2 Å². The predicted octanol–water partition coefficient (Wildman–Crippen LogP) is 5.37. The highest BCUT2D eigenvalue weighted by Crippen LogP contribution is 2.67. The number of nitrogens with one attached hydrogen (secondary N) is 4. The Balaban J connectivity index is 0.00000220. The molecule has 0 spiro atoms. The van der Waals surface area contributed by atoms with Crippen LogP contribution in [0.3, 0.4) is 0 Å². The Labute approximate surface area is 335 Å². The van der Waals surface area contributed by atoms with Crippen LogP contribution in [0.5, 0.6) is 0 Å². The fraction of sp³-hybridized carbons (Fsp3) is 0.450. The Morgan fingerprint density at radius 3 is 1.34 bits per heavy atom. The number of Topliss-reactive ketones (excluding diaryl/α,β-unsaturated/α-hetero) is 2. The lowest BCUT2D eigenvalue weighted by Gasteiger charge is -2.69. The topological polar surface area (TPSA) is 175 Å². The van der Waals surface area contributed by atoms with E-state index in [1.54, 1.807) is 24.3 Å². The number of rotatable bonds is 9. The highest BCUT2D eigenvalue weighted by Gasteiger charge is 2.79. The van der Waals surface area contributed by atoms with Crippen LogP contribution in [0.1, 0.15) is 95.1 Å². The zero-order chi connectivity index (χ0) is 37.4. The molecule has 294 valence electrons. The summed E-state index contributed by atoms with van der Waals surface area (Å²) in [4.78, 5) is 75.3. The SMILES string of the molecule is COC(=O)N[C@]1(C(=O)c2ccc(-c3ccc(C(=O)[C@@]4(NC(=O)OC)N5CCCC5C4(C)C4c5cnc4[nH]5)cc3)cc2)N2CCCC2C1(C)C1c2cnc1[nH]2.Cl.Cl. The van der Waals surface area contributed by atoms with E-state index >= 15 is 0 Å². The lowest BCUT2D eigenvalue weighted by atomic mass is 9.51. The Kier molecular flexibility index (Phi) is 8.77. The van der Waals surface area contributed by atoms with E-state index < -0.39 is 34.3 Å². The van der Waals surface area contributed by atoms with Crippen LogP contribution >= 0.6 is 24.8 Å². The first-order valence-electron chi connectivity index (χ1n) is 18.7. The number of fused-ring (bicyclic) bond motifs is 4. The number of nitrogens with zero attached hydrogens (tertiary/aromatic N) is 4. The molecule has 4 saturated heterocycles. The summed E-state index contributed by atoms with van der Waals surface area (Å²) in [5.74, 6) is 1.07. The maximum atomic E-state index is 14.8. The van der Waals surface area contributed by atoms with E-state index in [4.69, 9.17) is 9.47 Å². The Hall–Kier alpha value is -4.76. The summed E-state index contributed by atoms with van der Waals surface area (Å²) in [6.45, 7) is 5.54. The first-order valence-corrected chi connectivity index (χ1v) is 18.7. The number of methoxy groups -OCH3 is 2. The van der Waals surface area contributed by atoms with E-state index in [1.807, 2.05) is 36.7 Å². The number of carbonyl (C=O) groups excluding carboxylic acids is 4. The van der Waals surface area contributed by atoms with E-state index in [0.717, 1.165) is 59.8 Å². The van der Waals surface area contributed by atoms with E-state index in [0.29, 0.717) is 24.2 Å². The van der Waals surface area contributed by atoms with Gasteiger partial charge in [-0.2, -0.15) is 0 Å². The molecule has 2 aromatic carbocycles. The number of amides is 2.